The molecule has 0 aliphatic carbocycles. The number of hydrogen-bond donors (Lipinski definition) is 3. The van der Waals surface area contributed by atoms with Crippen LogP contribution in [0.25, 0.3) is 0 Å². The molecule has 0 bridgehead atoms. The molecule has 2 aromatic carbocycles. The van der Waals surface area contributed by atoms with Crippen LogP contribution in [-0.4, -0.2) is 17.0 Å². The summed E-state index contributed by atoms with van der Waals surface area (Å²) in [4.78, 5) is 23.4. The van der Waals surface area contributed by atoms with E-state index in [4.69, 9.17) is 10.8 Å². The van der Waals surface area contributed by atoms with Crippen LogP contribution in [0.3, 0.4) is 0 Å². The molecular formula is C16H16N2O3. The number of carbonyl (C=O) groups is 2. The lowest BCUT2D eigenvalue weighted by molar-refractivity contribution is 0.0695. The molecule has 0 saturated heterocycles. The van der Waals surface area contributed by atoms with E-state index < -0.39 is 5.97 Å². The second kappa shape index (κ2) is 5.66. The highest BCUT2D eigenvalue weighted by Gasteiger charge is 2.14. The molecule has 0 heterocycles. The van der Waals surface area contributed by atoms with Crippen LogP contribution < -0.4 is 11.1 Å². The second-order valence-electron chi connectivity index (χ2n) is 4.76. The molecule has 0 aromatic heterocycles. The highest BCUT2D eigenvalue weighted by atomic mass is 16.4. The minimum absolute atomic E-state index is 0.164. The van der Waals surface area contributed by atoms with Gasteiger partial charge in [0.05, 0.1) is 5.56 Å². The van der Waals surface area contributed by atoms with Crippen LogP contribution in [0.1, 0.15) is 31.8 Å². The van der Waals surface area contributed by atoms with Crippen LogP contribution in [0.15, 0.2) is 36.4 Å². The predicted octanol–water partition coefficient (Wildman–Crippen LogP) is 2.84. The average Bonchev–Trinajstić information content (AvgIpc) is 2.43. The fourth-order valence-corrected chi connectivity index (χ4v) is 2.09. The summed E-state index contributed by atoms with van der Waals surface area (Å²) in [6.45, 7) is 3.43. The summed E-state index contributed by atoms with van der Waals surface area (Å²) in [6.07, 6.45) is 0. The SMILES string of the molecule is Cc1c(N)cccc1C(=O)Nc1cccc(C(=O)O)c1C. The third-order valence-electron chi connectivity index (χ3n) is 3.43. The van der Waals surface area contributed by atoms with Crippen molar-refractivity contribution in [3.05, 3.63) is 58.7 Å². The number of benzene rings is 2. The third kappa shape index (κ3) is 2.86. The summed E-state index contributed by atoms with van der Waals surface area (Å²) < 4.78 is 0. The van der Waals surface area contributed by atoms with Crippen molar-refractivity contribution < 1.29 is 14.7 Å². The molecule has 5 nitrogen and oxygen atoms in total. The molecular weight excluding hydrogens is 268 g/mol. The van der Waals surface area contributed by atoms with E-state index in [9.17, 15) is 9.59 Å². The van der Waals surface area contributed by atoms with Gasteiger partial charge in [0.25, 0.3) is 5.91 Å². The maximum Gasteiger partial charge on any atom is 0.336 e. The van der Waals surface area contributed by atoms with E-state index in [1.807, 2.05) is 0 Å². The van der Waals surface area contributed by atoms with Gasteiger partial charge in [0.1, 0.15) is 0 Å². The van der Waals surface area contributed by atoms with Crippen molar-refractivity contribution in [2.24, 2.45) is 0 Å². The van der Waals surface area contributed by atoms with Crippen molar-refractivity contribution in [2.45, 2.75) is 13.8 Å². The first-order valence-corrected chi connectivity index (χ1v) is 6.41. The Balaban J connectivity index is 2.34. The topological polar surface area (TPSA) is 92.4 Å². The van der Waals surface area contributed by atoms with Crippen molar-refractivity contribution in [1.29, 1.82) is 0 Å². The smallest absolute Gasteiger partial charge is 0.336 e. The zero-order valence-corrected chi connectivity index (χ0v) is 11.8. The number of rotatable bonds is 3. The highest BCUT2D eigenvalue weighted by molar-refractivity contribution is 6.07. The quantitative estimate of drug-likeness (QED) is 0.756. The Kier molecular flexibility index (Phi) is 3.93. The highest BCUT2D eigenvalue weighted by Crippen LogP contribution is 2.21. The molecule has 108 valence electrons. The van der Waals surface area contributed by atoms with E-state index >= 15 is 0 Å². The summed E-state index contributed by atoms with van der Waals surface area (Å²) in [5.41, 5.74) is 8.64. The minimum Gasteiger partial charge on any atom is -0.478 e. The van der Waals surface area contributed by atoms with Crippen molar-refractivity contribution in [3.8, 4) is 0 Å². The number of hydrogen-bond acceptors (Lipinski definition) is 3. The fourth-order valence-electron chi connectivity index (χ4n) is 2.09. The lowest BCUT2D eigenvalue weighted by atomic mass is 10.0. The Bertz CT molecular complexity index is 723. The molecule has 21 heavy (non-hydrogen) atoms. The van der Waals surface area contributed by atoms with E-state index in [0.29, 0.717) is 28.1 Å². The molecule has 0 spiro atoms. The first-order chi connectivity index (χ1) is 9.91. The van der Waals surface area contributed by atoms with E-state index in [1.54, 1.807) is 44.2 Å². The van der Waals surface area contributed by atoms with Crippen molar-refractivity contribution in [3.63, 3.8) is 0 Å². The van der Waals surface area contributed by atoms with Crippen molar-refractivity contribution >= 4 is 23.3 Å². The summed E-state index contributed by atoms with van der Waals surface area (Å²) >= 11 is 0. The maximum absolute atomic E-state index is 12.3. The molecule has 0 aliphatic rings. The number of carbonyl (C=O) groups excluding carboxylic acids is 1. The van der Waals surface area contributed by atoms with E-state index in [0.717, 1.165) is 0 Å². The molecule has 0 fully saturated rings. The van der Waals surface area contributed by atoms with Gasteiger partial charge in [-0.1, -0.05) is 12.1 Å². The number of aromatic carboxylic acids is 1. The van der Waals surface area contributed by atoms with Crippen molar-refractivity contribution in [2.75, 3.05) is 11.1 Å². The molecule has 2 aromatic rings. The minimum atomic E-state index is -1.02. The van der Waals surface area contributed by atoms with Gasteiger partial charge in [-0.15, -0.1) is 0 Å². The van der Waals surface area contributed by atoms with Gasteiger partial charge in [-0.3, -0.25) is 4.79 Å². The van der Waals surface area contributed by atoms with Crippen LogP contribution in [0.5, 0.6) is 0 Å². The normalized spacial score (nSPS) is 10.2. The number of nitrogens with one attached hydrogen (secondary N) is 1. The number of anilines is 2. The first-order valence-electron chi connectivity index (χ1n) is 6.41. The molecule has 2 rings (SSSR count). The van der Waals surface area contributed by atoms with Gasteiger partial charge in [0.2, 0.25) is 0 Å². The molecule has 4 N–H and O–H groups in total. The Morgan fingerprint density at radius 1 is 1.00 bits per heavy atom. The van der Waals surface area contributed by atoms with E-state index in [1.165, 1.54) is 6.07 Å². The number of nitrogens with two attached hydrogens (primary N) is 1. The average molecular weight is 284 g/mol. The number of amides is 1. The zero-order chi connectivity index (χ0) is 15.6. The number of carboxylic acid groups (broad SMARTS) is 1. The Morgan fingerprint density at radius 2 is 1.62 bits per heavy atom. The summed E-state index contributed by atoms with van der Waals surface area (Å²) in [5.74, 6) is -1.34. The van der Waals surface area contributed by atoms with Gasteiger partial charge >= 0.3 is 5.97 Å². The molecule has 0 saturated carbocycles. The Morgan fingerprint density at radius 3 is 2.29 bits per heavy atom. The Labute approximate surface area is 122 Å². The molecule has 1 amide bonds. The van der Waals surface area contributed by atoms with E-state index in [2.05, 4.69) is 5.32 Å². The van der Waals surface area contributed by atoms with Gasteiger partial charge in [-0.05, 0) is 49.2 Å². The molecule has 5 heteroatoms. The summed E-state index contributed by atoms with van der Waals surface area (Å²) in [6, 6.07) is 9.87. The monoisotopic (exact) mass is 284 g/mol. The summed E-state index contributed by atoms with van der Waals surface area (Å²) in [7, 11) is 0. The van der Waals surface area contributed by atoms with Gasteiger partial charge in [-0.25, -0.2) is 4.79 Å². The van der Waals surface area contributed by atoms with Crippen LogP contribution in [0, 0.1) is 13.8 Å². The molecule has 0 atom stereocenters. The van der Waals surface area contributed by atoms with E-state index in [-0.39, 0.29) is 11.5 Å². The predicted molar refractivity (Wildman–Crippen MR) is 81.7 cm³/mol. The maximum atomic E-state index is 12.3. The standard InChI is InChI=1S/C16H16N2O3/c1-9-11(5-3-7-13(9)17)15(19)18-14-8-4-6-12(10(14)2)16(20)21/h3-8H,17H2,1-2H3,(H,18,19)(H,20,21). The fraction of sp³-hybridized carbons (Fsp3) is 0.125. The van der Waals surface area contributed by atoms with Gasteiger partial charge in [0, 0.05) is 16.9 Å². The lowest BCUT2D eigenvalue weighted by Gasteiger charge is -2.12. The Hall–Kier alpha value is -2.82. The molecule has 0 radical (unpaired) electrons. The van der Waals surface area contributed by atoms with Crippen molar-refractivity contribution in [1.82, 2.24) is 0 Å². The number of carboxylic acids is 1. The number of nitrogen functional groups attached to an aromatic ring is 1. The first kappa shape index (κ1) is 14.6. The van der Waals surface area contributed by atoms with Gasteiger partial charge in [-0.2, -0.15) is 0 Å². The lowest BCUT2D eigenvalue weighted by Crippen LogP contribution is -2.15. The summed E-state index contributed by atoms with van der Waals surface area (Å²) in [5, 5.41) is 11.8. The third-order valence-corrected chi connectivity index (χ3v) is 3.43. The van der Waals surface area contributed by atoms with Crippen LogP contribution in [-0.2, 0) is 0 Å². The van der Waals surface area contributed by atoms with Gasteiger partial charge < -0.3 is 16.2 Å². The van der Waals surface area contributed by atoms with Gasteiger partial charge in [0.15, 0.2) is 0 Å². The van der Waals surface area contributed by atoms with Crippen LogP contribution in [0.4, 0.5) is 11.4 Å². The van der Waals surface area contributed by atoms with Crippen LogP contribution >= 0.6 is 0 Å². The zero-order valence-electron chi connectivity index (χ0n) is 11.8. The molecule has 0 unspecified atom stereocenters. The second-order valence-corrected chi connectivity index (χ2v) is 4.76. The largest absolute Gasteiger partial charge is 0.478 e. The molecule has 0 aliphatic heterocycles. The van der Waals surface area contributed by atoms with Crippen LogP contribution in [0.2, 0.25) is 0 Å².